The normalized spacial score (nSPS) is 33.9. The molecule has 0 aromatic rings. The van der Waals surface area contributed by atoms with Gasteiger partial charge in [-0.1, -0.05) is 25.7 Å². The van der Waals surface area contributed by atoms with E-state index in [0.717, 1.165) is 38.0 Å². The highest BCUT2D eigenvalue weighted by Crippen LogP contribution is 2.48. The maximum atomic E-state index is 13.0. The molecular formula is C19H33N3O3S. The molecule has 3 aliphatic carbocycles. The molecule has 0 aromatic carbocycles. The van der Waals surface area contributed by atoms with E-state index in [-0.39, 0.29) is 17.9 Å². The number of piperazine rings is 1. The number of hydrogen-bond acceptors (Lipinski definition) is 3. The first kappa shape index (κ1) is 18.7. The van der Waals surface area contributed by atoms with Crippen LogP contribution in [0.1, 0.15) is 57.8 Å². The summed E-state index contributed by atoms with van der Waals surface area (Å²) in [5, 5.41) is 0. The number of hydrogen-bond donors (Lipinski definition) is 0. The minimum absolute atomic E-state index is 0.141. The van der Waals surface area contributed by atoms with Crippen molar-refractivity contribution in [3.8, 4) is 0 Å². The molecular weight excluding hydrogens is 350 g/mol. The lowest BCUT2D eigenvalue weighted by Crippen LogP contribution is -2.56. The lowest BCUT2D eigenvalue weighted by molar-refractivity contribution is -0.138. The Hall–Kier alpha value is -0.660. The molecule has 4 fully saturated rings. The summed E-state index contributed by atoms with van der Waals surface area (Å²) in [6.45, 7) is 1.97. The molecule has 4 aliphatic rings. The number of rotatable bonds is 4. The van der Waals surface area contributed by atoms with Gasteiger partial charge < -0.3 is 4.90 Å². The molecule has 0 aromatic heterocycles. The zero-order chi connectivity index (χ0) is 18.3. The minimum atomic E-state index is -3.41. The zero-order valence-electron chi connectivity index (χ0n) is 16.0. The van der Waals surface area contributed by atoms with E-state index in [0.29, 0.717) is 32.1 Å². The van der Waals surface area contributed by atoms with Gasteiger partial charge in [-0.2, -0.15) is 17.0 Å². The van der Waals surface area contributed by atoms with Crippen LogP contribution in [0, 0.1) is 17.8 Å². The molecule has 0 radical (unpaired) electrons. The van der Waals surface area contributed by atoms with Crippen molar-refractivity contribution in [1.29, 1.82) is 0 Å². The highest BCUT2D eigenvalue weighted by Gasteiger charge is 2.45. The first-order valence-electron chi connectivity index (χ1n) is 10.5. The van der Waals surface area contributed by atoms with E-state index >= 15 is 0 Å². The van der Waals surface area contributed by atoms with Gasteiger partial charge in [0.1, 0.15) is 0 Å². The highest BCUT2D eigenvalue weighted by atomic mass is 32.2. The number of amides is 1. The third-order valence-electron chi connectivity index (χ3n) is 7.38. The summed E-state index contributed by atoms with van der Waals surface area (Å²) in [6, 6.07) is 0.141. The molecule has 1 aliphatic heterocycles. The lowest BCUT2D eigenvalue weighted by atomic mass is 9.87. The molecule has 0 spiro atoms. The Morgan fingerprint density at radius 1 is 0.923 bits per heavy atom. The fraction of sp³-hybridized carbons (Fsp3) is 0.947. The van der Waals surface area contributed by atoms with Gasteiger partial charge in [0.25, 0.3) is 10.2 Å². The van der Waals surface area contributed by atoms with Crippen molar-refractivity contribution in [2.75, 3.05) is 33.2 Å². The molecule has 0 N–H and O–H groups in total. The van der Waals surface area contributed by atoms with Crippen molar-refractivity contribution in [2.24, 2.45) is 17.8 Å². The quantitative estimate of drug-likeness (QED) is 0.747. The Morgan fingerprint density at radius 2 is 1.62 bits per heavy atom. The second-order valence-corrected chi connectivity index (χ2v) is 10.8. The molecule has 1 amide bonds. The monoisotopic (exact) mass is 383 g/mol. The maximum absolute atomic E-state index is 13.0. The molecule has 3 saturated carbocycles. The second kappa shape index (κ2) is 7.40. The van der Waals surface area contributed by atoms with E-state index in [4.69, 9.17) is 0 Å². The van der Waals surface area contributed by atoms with Gasteiger partial charge in [0.05, 0.1) is 0 Å². The van der Waals surface area contributed by atoms with Crippen LogP contribution in [0.3, 0.4) is 0 Å². The smallest absolute Gasteiger partial charge is 0.282 e. The first-order valence-corrected chi connectivity index (χ1v) is 11.9. The van der Waals surface area contributed by atoms with Crippen LogP contribution in [0.2, 0.25) is 0 Å². The zero-order valence-corrected chi connectivity index (χ0v) is 16.8. The largest absolute Gasteiger partial charge is 0.340 e. The summed E-state index contributed by atoms with van der Waals surface area (Å²) < 4.78 is 29.1. The summed E-state index contributed by atoms with van der Waals surface area (Å²) >= 11 is 0. The number of fused-ring (bicyclic) bond motifs is 2. The molecule has 26 heavy (non-hydrogen) atoms. The van der Waals surface area contributed by atoms with Crippen molar-refractivity contribution >= 4 is 16.1 Å². The van der Waals surface area contributed by atoms with Gasteiger partial charge in [0.15, 0.2) is 0 Å². The third-order valence-corrected chi connectivity index (χ3v) is 9.43. The fourth-order valence-electron chi connectivity index (χ4n) is 5.74. The van der Waals surface area contributed by atoms with Crippen molar-refractivity contribution in [3.05, 3.63) is 0 Å². The standard InChI is InChI=1S/C19H33N3O3S/c1-20(17-5-3-2-4-6-17)26(24,25)22-11-9-21(10-12-22)19(23)18-14-15-7-8-16(18)13-15/h15-18H,2-14H2,1H3. The Balaban J connectivity index is 1.33. The topological polar surface area (TPSA) is 60.9 Å². The molecule has 1 saturated heterocycles. The average molecular weight is 384 g/mol. The number of carbonyl (C=O) groups excluding carboxylic acids is 1. The molecule has 148 valence electrons. The summed E-state index contributed by atoms with van der Waals surface area (Å²) in [5.41, 5.74) is 0. The summed E-state index contributed by atoms with van der Waals surface area (Å²) in [5.74, 6) is 1.85. The van der Waals surface area contributed by atoms with Crippen molar-refractivity contribution in [3.63, 3.8) is 0 Å². The van der Waals surface area contributed by atoms with Crippen LogP contribution >= 0.6 is 0 Å². The summed E-state index contributed by atoms with van der Waals surface area (Å²) in [7, 11) is -1.68. The predicted octanol–water partition coefficient (Wildman–Crippen LogP) is 2.08. The lowest BCUT2D eigenvalue weighted by Gasteiger charge is -2.39. The molecule has 1 heterocycles. The molecule has 6 nitrogen and oxygen atoms in total. The molecule has 7 heteroatoms. The average Bonchev–Trinajstić information content (AvgIpc) is 3.31. The summed E-state index contributed by atoms with van der Waals surface area (Å²) in [6.07, 6.45) is 10.2. The highest BCUT2D eigenvalue weighted by molar-refractivity contribution is 7.86. The maximum Gasteiger partial charge on any atom is 0.282 e. The van der Waals surface area contributed by atoms with Crippen LogP contribution in [-0.2, 0) is 15.0 Å². The summed E-state index contributed by atoms with van der Waals surface area (Å²) in [4.78, 5) is 14.8. The molecule has 3 atom stereocenters. The Bertz CT molecular complexity index is 624. The van der Waals surface area contributed by atoms with Crippen LogP contribution in [0.5, 0.6) is 0 Å². The van der Waals surface area contributed by atoms with E-state index in [9.17, 15) is 13.2 Å². The molecule has 3 unspecified atom stereocenters. The number of nitrogens with zero attached hydrogens (tertiary/aromatic N) is 3. The van der Waals surface area contributed by atoms with Gasteiger partial charge in [0, 0.05) is 45.2 Å². The van der Waals surface area contributed by atoms with Crippen LogP contribution in [0.15, 0.2) is 0 Å². The van der Waals surface area contributed by atoms with E-state index < -0.39 is 10.2 Å². The van der Waals surface area contributed by atoms with Crippen LogP contribution < -0.4 is 0 Å². The van der Waals surface area contributed by atoms with Gasteiger partial charge in [-0.05, 0) is 43.9 Å². The van der Waals surface area contributed by atoms with Gasteiger partial charge in [-0.25, -0.2) is 0 Å². The SMILES string of the molecule is CN(C1CCCCC1)S(=O)(=O)N1CCN(C(=O)C2CC3CCC2C3)CC1. The predicted molar refractivity (Wildman–Crippen MR) is 101 cm³/mol. The third kappa shape index (κ3) is 3.42. The molecule has 2 bridgehead atoms. The van der Waals surface area contributed by atoms with Gasteiger partial charge in [0.2, 0.25) is 5.91 Å². The van der Waals surface area contributed by atoms with E-state index in [1.54, 1.807) is 15.7 Å². The van der Waals surface area contributed by atoms with Crippen LogP contribution in [0.4, 0.5) is 0 Å². The van der Waals surface area contributed by atoms with Crippen molar-refractivity contribution in [2.45, 2.75) is 63.8 Å². The van der Waals surface area contributed by atoms with Crippen molar-refractivity contribution in [1.82, 2.24) is 13.5 Å². The first-order chi connectivity index (χ1) is 12.5. The van der Waals surface area contributed by atoms with Gasteiger partial charge in [-0.3, -0.25) is 4.79 Å². The Kier molecular flexibility index (Phi) is 5.32. The van der Waals surface area contributed by atoms with E-state index in [1.165, 1.54) is 25.7 Å². The van der Waals surface area contributed by atoms with Gasteiger partial charge >= 0.3 is 0 Å². The van der Waals surface area contributed by atoms with Crippen LogP contribution in [0.25, 0.3) is 0 Å². The second-order valence-electron chi connectivity index (χ2n) is 8.82. The Morgan fingerprint density at radius 3 is 2.19 bits per heavy atom. The van der Waals surface area contributed by atoms with E-state index in [2.05, 4.69) is 0 Å². The Labute approximate surface area is 158 Å². The minimum Gasteiger partial charge on any atom is -0.340 e. The fourth-order valence-corrected chi connectivity index (χ4v) is 7.31. The van der Waals surface area contributed by atoms with Crippen LogP contribution in [-0.4, -0.2) is 67.1 Å². The van der Waals surface area contributed by atoms with Crippen molar-refractivity contribution < 1.29 is 13.2 Å². The number of carbonyl (C=O) groups is 1. The molecule has 4 rings (SSSR count). The van der Waals surface area contributed by atoms with E-state index in [1.807, 2.05) is 4.90 Å². The van der Waals surface area contributed by atoms with Gasteiger partial charge in [-0.15, -0.1) is 0 Å².